The fraction of sp³-hybridized carbons (Fsp3) is 0.727. The molecule has 3 unspecified atom stereocenters. The van der Waals surface area contributed by atoms with Crippen molar-refractivity contribution in [2.75, 3.05) is 0 Å². The summed E-state index contributed by atoms with van der Waals surface area (Å²) in [6.45, 7) is 7.71. The van der Waals surface area contributed by atoms with Gasteiger partial charge in [-0.2, -0.15) is 0 Å². The molecule has 0 saturated heterocycles. The summed E-state index contributed by atoms with van der Waals surface area (Å²) < 4.78 is 0. The molecule has 0 radical (unpaired) electrons. The summed E-state index contributed by atoms with van der Waals surface area (Å²) in [5, 5.41) is 4.79. The van der Waals surface area contributed by atoms with Gasteiger partial charge in [-0.3, -0.25) is 0 Å². The Morgan fingerprint density at radius 2 is 2.36 bits per heavy atom. The first-order valence-corrected chi connectivity index (χ1v) is 6.13. The van der Waals surface area contributed by atoms with Gasteiger partial charge in [0.2, 0.25) is 0 Å². The molecule has 2 rings (SSSR count). The Bertz CT molecular complexity index is 308. The maximum Gasteiger partial charge on any atom is 0.107 e. The van der Waals surface area contributed by atoms with Gasteiger partial charge in [-0.1, -0.05) is 13.8 Å². The highest BCUT2D eigenvalue weighted by atomic mass is 32.1. The monoisotopic (exact) mass is 210 g/mol. The van der Waals surface area contributed by atoms with E-state index in [0.717, 1.165) is 18.4 Å². The molecule has 0 aromatic carbocycles. The second-order valence-corrected chi connectivity index (χ2v) is 5.74. The summed E-state index contributed by atoms with van der Waals surface area (Å²) in [7, 11) is 0. The molecule has 1 aliphatic rings. The van der Waals surface area contributed by atoms with E-state index >= 15 is 0 Å². The quantitative estimate of drug-likeness (QED) is 0.829. The van der Waals surface area contributed by atoms with Crippen LogP contribution in [0.25, 0.3) is 0 Å². The van der Waals surface area contributed by atoms with Crippen LogP contribution in [-0.4, -0.2) is 11.0 Å². The van der Waals surface area contributed by atoms with Crippen LogP contribution < -0.4 is 5.32 Å². The SMILES string of the molecule is Cc1cnc(CNC2CC(C)C2C)s1. The molecule has 2 nitrogen and oxygen atoms in total. The zero-order valence-electron chi connectivity index (χ0n) is 9.08. The van der Waals surface area contributed by atoms with Crippen molar-refractivity contribution in [3.63, 3.8) is 0 Å². The fourth-order valence-electron chi connectivity index (χ4n) is 2.00. The highest BCUT2D eigenvalue weighted by Crippen LogP contribution is 2.33. The summed E-state index contributed by atoms with van der Waals surface area (Å²) in [6, 6.07) is 0.717. The van der Waals surface area contributed by atoms with Gasteiger partial charge in [-0.25, -0.2) is 4.98 Å². The molecule has 0 bridgehead atoms. The predicted octanol–water partition coefficient (Wildman–Crippen LogP) is 2.59. The third kappa shape index (κ3) is 1.98. The fourth-order valence-corrected chi connectivity index (χ4v) is 2.74. The normalized spacial score (nSPS) is 31.5. The second-order valence-electron chi connectivity index (χ2n) is 4.42. The van der Waals surface area contributed by atoms with E-state index in [2.05, 4.69) is 31.1 Å². The third-order valence-electron chi connectivity index (χ3n) is 3.34. The van der Waals surface area contributed by atoms with Crippen LogP contribution in [0.2, 0.25) is 0 Å². The largest absolute Gasteiger partial charge is 0.307 e. The van der Waals surface area contributed by atoms with Crippen molar-refractivity contribution in [2.45, 2.75) is 39.8 Å². The van der Waals surface area contributed by atoms with Gasteiger partial charge in [0.1, 0.15) is 5.01 Å². The number of aryl methyl sites for hydroxylation is 1. The first kappa shape index (κ1) is 10.1. The number of thiazole rings is 1. The minimum absolute atomic E-state index is 0.717. The van der Waals surface area contributed by atoms with Gasteiger partial charge in [0.25, 0.3) is 0 Å². The zero-order valence-corrected chi connectivity index (χ0v) is 9.90. The van der Waals surface area contributed by atoms with Crippen LogP contribution in [0.1, 0.15) is 30.2 Å². The van der Waals surface area contributed by atoms with Gasteiger partial charge >= 0.3 is 0 Å². The molecule has 14 heavy (non-hydrogen) atoms. The van der Waals surface area contributed by atoms with E-state index in [0.29, 0.717) is 6.04 Å². The number of nitrogens with one attached hydrogen (secondary N) is 1. The van der Waals surface area contributed by atoms with E-state index in [-0.39, 0.29) is 0 Å². The molecule has 1 fully saturated rings. The molecule has 3 atom stereocenters. The molecule has 1 aromatic rings. The van der Waals surface area contributed by atoms with Crippen LogP contribution in [0.15, 0.2) is 6.20 Å². The summed E-state index contributed by atoms with van der Waals surface area (Å²) >= 11 is 1.79. The molecule has 1 aromatic heterocycles. The van der Waals surface area contributed by atoms with E-state index in [9.17, 15) is 0 Å². The Labute approximate surface area is 89.8 Å². The number of hydrogen-bond donors (Lipinski definition) is 1. The molecule has 0 amide bonds. The van der Waals surface area contributed by atoms with Crippen molar-refractivity contribution in [3.8, 4) is 0 Å². The van der Waals surface area contributed by atoms with Gasteiger partial charge in [-0.05, 0) is 25.2 Å². The highest BCUT2D eigenvalue weighted by Gasteiger charge is 2.33. The second kappa shape index (κ2) is 3.99. The average Bonchev–Trinajstić information content (AvgIpc) is 2.58. The number of rotatable bonds is 3. The minimum Gasteiger partial charge on any atom is -0.307 e. The Kier molecular flexibility index (Phi) is 2.88. The maximum absolute atomic E-state index is 4.35. The van der Waals surface area contributed by atoms with Crippen molar-refractivity contribution in [1.82, 2.24) is 10.3 Å². The standard InChI is InChI=1S/C11H18N2S/c1-7-4-10(9(7)3)12-6-11-13-5-8(2)14-11/h5,7,9-10,12H,4,6H2,1-3H3. The van der Waals surface area contributed by atoms with Gasteiger partial charge < -0.3 is 5.32 Å². The lowest BCUT2D eigenvalue weighted by Crippen LogP contribution is -2.47. The summed E-state index contributed by atoms with van der Waals surface area (Å²) in [5.41, 5.74) is 0. The molecule has 78 valence electrons. The van der Waals surface area contributed by atoms with E-state index < -0.39 is 0 Å². The lowest BCUT2D eigenvalue weighted by atomic mass is 9.71. The lowest BCUT2D eigenvalue weighted by Gasteiger charge is -2.41. The van der Waals surface area contributed by atoms with Crippen molar-refractivity contribution in [2.24, 2.45) is 11.8 Å². The highest BCUT2D eigenvalue weighted by molar-refractivity contribution is 7.11. The van der Waals surface area contributed by atoms with Crippen molar-refractivity contribution < 1.29 is 0 Å². The van der Waals surface area contributed by atoms with Crippen molar-refractivity contribution in [3.05, 3.63) is 16.1 Å². The Morgan fingerprint density at radius 3 is 2.86 bits per heavy atom. The van der Waals surface area contributed by atoms with Gasteiger partial charge in [0, 0.05) is 23.7 Å². The molecule has 1 N–H and O–H groups in total. The van der Waals surface area contributed by atoms with Crippen molar-refractivity contribution in [1.29, 1.82) is 0 Å². The third-order valence-corrected chi connectivity index (χ3v) is 4.26. The van der Waals surface area contributed by atoms with Crippen molar-refractivity contribution >= 4 is 11.3 Å². The zero-order chi connectivity index (χ0) is 10.1. The molecule has 3 heteroatoms. The topological polar surface area (TPSA) is 24.9 Å². The molecule has 0 aliphatic heterocycles. The summed E-state index contributed by atoms with van der Waals surface area (Å²) in [5.74, 6) is 1.72. The maximum atomic E-state index is 4.35. The Morgan fingerprint density at radius 1 is 1.57 bits per heavy atom. The van der Waals surface area contributed by atoms with Crippen LogP contribution >= 0.6 is 11.3 Å². The summed E-state index contributed by atoms with van der Waals surface area (Å²) in [6.07, 6.45) is 3.28. The first-order valence-electron chi connectivity index (χ1n) is 5.31. The molecular formula is C11H18N2S. The minimum atomic E-state index is 0.717. The van der Waals surface area contributed by atoms with Gasteiger partial charge in [0.15, 0.2) is 0 Å². The summed E-state index contributed by atoms with van der Waals surface area (Å²) in [4.78, 5) is 5.65. The Balaban J connectivity index is 1.78. The van der Waals surface area contributed by atoms with Crippen LogP contribution in [-0.2, 0) is 6.54 Å². The Hall–Kier alpha value is -0.410. The number of hydrogen-bond acceptors (Lipinski definition) is 3. The van der Waals surface area contributed by atoms with E-state index in [4.69, 9.17) is 0 Å². The van der Waals surface area contributed by atoms with Crippen LogP contribution in [0.3, 0.4) is 0 Å². The smallest absolute Gasteiger partial charge is 0.107 e. The molecule has 1 aliphatic carbocycles. The predicted molar refractivity (Wildman–Crippen MR) is 60.4 cm³/mol. The molecular weight excluding hydrogens is 192 g/mol. The first-order chi connectivity index (χ1) is 6.66. The average molecular weight is 210 g/mol. The van der Waals surface area contributed by atoms with Gasteiger partial charge in [0.05, 0.1) is 0 Å². The molecule has 0 spiro atoms. The van der Waals surface area contributed by atoms with Crippen LogP contribution in [0.4, 0.5) is 0 Å². The van der Waals surface area contributed by atoms with E-state index in [1.54, 1.807) is 11.3 Å². The van der Waals surface area contributed by atoms with E-state index in [1.807, 2.05) is 6.20 Å². The number of aromatic nitrogens is 1. The van der Waals surface area contributed by atoms with E-state index in [1.165, 1.54) is 16.3 Å². The van der Waals surface area contributed by atoms with Gasteiger partial charge in [-0.15, -0.1) is 11.3 Å². The van der Waals surface area contributed by atoms with Crippen LogP contribution in [0, 0.1) is 18.8 Å². The molecule has 1 heterocycles. The molecule has 1 saturated carbocycles. The van der Waals surface area contributed by atoms with Crippen LogP contribution in [0.5, 0.6) is 0 Å². The number of nitrogens with zero attached hydrogens (tertiary/aromatic N) is 1. The lowest BCUT2D eigenvalue weighted by molar-refractivity contribution is 0.136.